The van der Waals surface area contributed by atoms with Crippen LogP contribution in [0.1, 0.15) is 86.1 Å². The number of hydrogen-bond donors (Lipinski definition) is 4. The molecule has 4 aromatic rings. The molecule has 3 amide bonds. The van der Waals surface area contributed by atoms with Crippen molar-refractivity contribution in [2.45, 2.75) is 87.8 Å². The van der Waals surface area contributed by atoms with Gasteiger partial charge in [0.25, 0.3) is 0 Å². The second kappa shape index (κ2) is 28.6. The van der Waals surface area contributed by atoms with Crippen molar-refractivity contribution in [1.29, 1.82) is 0 Å². The van der Waals surface area contributed by atoms with Crippen LogP contribution in [0.3, 0.4) is 0 Å². The zero-order chi connectivity index (χ0) is 53.5. The molecule has 4 N–H and O–H groups in total. The van der Waals surface area contributed by atoms with E-state index in [1.54, 1.807) is 37.4 Å². The highest BCUT2D eigenvalue weighted by molar-refractivity contribution is 5.89. The molecular weight excluding hydrogens is 957 g/mol. The normalized spacial score (nSPS) is 10.3. The van der Waals surface area contributed by atoms with Crippen molar-refractivity contribution in [2.24, 2.45) is 0 Å². The van der Waals surface area contributed by atoms with Crippen molar-refractivity contribution >= 4 is 82.9 Å². The predicted octanol–water partition coefficient (Wildman–Crippen LogP) is 7.74. The van der Waals surface area contributed by atoms with Crippen molar-refractivity contribution in [1.82, 2.24) is 0 Å². The third-order valence-corrected chi connectivity index (χ3v) is 9.70. The fraction of sp³-hybridized carbons (Fsp3) is 0.314. The molecule has 73 heavy (non-hydrogen) atoms. The van der Waals surface area contributed by atoms with E-state index in [9.17, 15) is 43.2 Å². The minimum absolute atomic E-state index is 0.0198. The van der Waals surface area contributed by atoms with Crippen LogP contribution < -0.4 is 21.3 Å². The summed E-state index contributed by atoms with van der Waals surface area (Å²) < 4.78 is 47.8. The first-order valence-corrected chi connectivity index (χ1v) is 22.2. The number of amides is 3. The Morgan fingerprint density at radius 1 is 0.384 bits per heavy atom. The van der Waals surface area contributed by atoms with Gasteiger partial charge in [-0.2, -0.15) is 0 Å². The van der Waals surface area contributed by atoms with Gasteiger partial charge in [0.1, 0.15) is 59.5 Å². The van der Waals surface area contributed by atoms with Crippen LogP contribution in [0.15, 0.2) is 78.4 Å². The van der Waals surface area contributed by atoms with E-state index in [4.69, 9.17) is 42.6 Å². The largest absolute Gasteiger partial charge is 0.461 e. The van der Waals surface area contributed by atoms with Crippen LogP contribution >= 0.6 is 0 Å². The first-order valence-electron chi connectivity index (χ1n) is 22.2. The Kier molecular flexibility index (Phi) is 22.2. The molecule has 4 rings (SSSR count). The van der Waals surface area contributed by atoms with E-state index in [0.29, 0.717) is 22.4 Å². The molecule has 22 nitrogen and oxygen atoms in total. The zero-order valence-electron chi connectivity index (χ0n) is 41.2. The molecule has 0 heterocycles. The lowest BCUT2D eigenvalue weighted by Crippen LogP contribution is -2.22. The van der Waals surface area contributed by atoms with Crippen LogP contribution in [0.5, 0.6) is 0 Å². The fourth-order valence-electron chi connectivity index (χ4n) is 6.40. The topological polar surface area (TPSA) is 285 Å². The Hall–Kier alpha value is -8.95. The van der Waals surface area contributed by atoms with E-state index in [1.165, 1.54) is 65.8 Å². The maximum Gasteiger partial charge on any atom is 0.411 e. The van der Waals surface area contributed by atoms with Gasteiger partial charge in [0, 0.05) is 87.8 Å². The number of hydrogen-bond acceptors (Lipinski definition) is 19. The summed E-state index contributed by atoms with van der Waals surface area (Å²) in [4.78, 5) is 111. The SMILES string of the molecule is CNc1ccc(COC(=O)Nc2ccc(C=C(COC(=O)Nc3c(COC(C)=O)cc(COC(C)=O)cc3COC(C)=O)COC(=O)Nc3c(COC(C)=O)cc(COC(C)=O)cc3COC(C)=O)cc2)cc1. The van der Waals surface area contributed by atoms with E-state index in [0.717, 1.165) is 11.3 Å². The van der Waals surface area contributed by atoms with Crippen LogP contribution in [0.25, 0.3) is 6.08 Å². The summed E-state index contributed by atoms with van der Waals surface area (Å²) in [5.41, 5.74) is 4.62. The van der Waals surface area contributed by atoms with E-state index in [-0.39, 0.29) is 85.4 Å². The molecule has 0 aliphatic rings. The van der Waals surface area contributed by atoms with Gasteiger partial charge in [0.05, 0.1) is 11.4 Å². The Morgan fingerprint density at radius 2 is 0.712 bits per heavy atom. The average molecular weight is 1010 g/mol. The van der Waals surface area contributed by atoms with Crippen molar-refractivity contribution in [3.05, 3.63) is 123 Å². The Labute approximate surface area is 419 Å². The molecule has 0 saturated carbocycles. The van der Waals surface area contributed by atoms with E-state index < -0.39 is 67.3 Å². The lowest BCUT2D eigenvalue weighted by Gasteiger charge is -2.19. The van der Waals surface area contributed by atoms with Crippen molar-refractivity contribution in [3.8, 4) is 0 Å². The Bertz CT molecular complexity index is 2480. The van der Waals surface area contributed by atoms with E-state index in [2.05, 4.69) is 21.3 Å². The second-order valence-corrected chi connectivity index (χ2v) is 15.7. The second-order valence-electron chi connectivity index (χ2n) is 15.7. The van der Waals surface area contributed by atoms with Gasteiger partial charge in [-0.3, -0.25) is 44.7 Å². The van der Waals surface area contributed by atoms with Crippen LogP contribution in [-0.4, -0.2) is 74.4 Å². The van der Waals surface area contributed by atoms with Gasteiger partial charge in [-0.15, -0.1) is 0 Å². The van der Waals surface area contributed by atoms with Gasteiger partial charge < -0.3 is 47.9 Å². The smallest absolute Gasteiger partial charge is 0.411 e. The summed E-state index contributed by atoms with van der Waals surface area (Å²) in [6, 6.07) is 19.8. The minimum atomic E-state index is -1.05. The molecule has 0 aromatic heterocycles. The molecule has 0 bridgehead atoms. The molecule has 0 fully saturated rings. The highest BCUT2D eigenvalue weighted by Gasteiger charge is 2.21. The average Bonchev–Trinajstić information content (AvgIpc) is 3.34. The third-order valence-electron chi connectivity index (χ3n) is 9.70. The van der Waals surface area contributed by atoms with Gasteiger partial charge in [0.15, 0.2) is 0 Å². The van der Waals surface area contributed by atoms with Gasteiger partial charge in [-0.05, 0) is 76.9 Å². The number of ether oxygens (including phenoxy) is 9. The van der Waals surface area contributed by atoms with Gasteiger partial charge in [-0.1, -0.05) is 24.3 Å². The molecule has 0 radical (unpaired) electrons. The fourth-order valence-corrected chi connectivity index (χ4v) is 6.40. The molecular formula is C51H56N4O18. The van der Waals surface area contributed by atoms with Crippen molar-refractivity contribution < 1.29 is 85.8 Å². The molecule has 0 aliphatic heterocycles. The lowest BCUT2D eigenvalue weighted by atomic mass is 10.0. The number of carbonyl (C=O) groups excluding carboxylic acids is 9. The minimum Gasteiger partial charge on any atom is -0.461 e. The maximum atomic E-state index is 13.6. The highest BCUT2D eigenvalue weighted by Crippen LogP contribution is 2.29. The number of anilines is 4. The highest BCUT2D eigenvalue weighted by atomic mass is 16.6. The van der Waals surface area contributed by atoms with Gasteiger partial charge in [-0.25, -0.2) is 14.4 Å². The third kappa shape index (κ3) is 20.9. The number of benzene rings is 4. The standard InChI is InChI=1S/C51H56N4O18/c1-30(56)65-22-38-17-41(26-67-32(3)58)47(42(18-38)27-68-33(4)59)54-50(63)72-24-40(16-36-8-14-46(15-9-36)53-49(62)71-21-37-10-12-45(52-7)13-11-37)25-73-51(64)55-48-43(28-69-34(5)60)19-39(23-66-31(2)57)20-44(48)29-70-35(6)61/h8-20,52H,21-29H2,1-7H3,(H,53,62)(H,54,63)(H,55,64). The van der Waals surface area contributed by atoms with Crippen molar-refractivity contribution in [3.63, 3.8) is 0 Å². The van der Waals surface area contributed by atoms with Crippen LogP contribution in [0.4, 0.5) is 37.1 Å². The monoisotopic (exact) mass is 1010 g/mol. The maximum absolute atomic E-state index is 13.6. The van der Waals surface area contributed by atoms with Crippen LogP contribution in [0.2, 0.25) is 0 Å². The van der Waals surface area contributed by atoms with Crippen LogP contribution in [-0.2, 0) is 118 Å². The Morgan fingerprint density at radius 3 is 1.07 bits per heavy atom. The number of nitrogens with one attached hydrogen (secondary N) is 4. The van der Waals surface area contributed by atoms with Gasteiger partial charge in [0.2, 0.25) is 0 Å². The zero-order valence-corrected chi connectivity index (χ0v) is 41.2. The van der Waals surface area contributed by atoms with Gasteiger partial charge >= 0.3 is 54.1 Å². The first kappa shape index (κ1) is 56.6. The summed E-state index contributed by atoms with van der Waals surface area (Å²) in [5.74, 6) is -3.73. The predicted molar refractivity (Wildman–Crippen MR) is 260 cm³/mol. The summed E-state index contributed by atoms with van der Waals surface area (Å²) in [7, 11) is 1.79. The lowest BCUT2D eigenvalue weighted by molar-refractivity contribution is -0.143. The summed E-state index contributed by atoms with van der Waals surface area (Å²) in [5, 5.41) is 10.9. The molecule has 0 saturated heterocycles. The molecule has 0 aliphatic carbocycles. The molecule has 22 heteroatoms. The molecule has 0 unspecified atom stereocenters. The molecule has 0 atom stereocenters. The number of carbonyl (C=O) groups is 9. The van der Waals surface area contributed by atoms with Crippen molar-refractivity contribution in [2.75, 3.05) is 41.5 Å². The number of esters is 6. The summed E-state index contributed by atoms with van der Waals surface area (Å²) >= 11 is 0. The quantitative estimate of drug-likeness (QED) is 0.0408. The van der Waals surface area contributed by atoms with E-state index in [1.807, 2.05) is 24.3 Å². The summed E-state index contributed by atoms with van der Waals surface area (Å²) in [6.45, 7) is 4.34. The molecule has 0 spiro atoms. The first-order chi connectivity index (χ1) is 34.8. The van der Waals surface area contributed by atoms with Crippen LogP contribution in [0, 0.1) is 0 Å². The Balaban J connectivity index is 1.63. The van der Waals surface area contributed by atoms with E-state index >= 15 is 0 Å². The molecule has 388 valence electrons. The molecule has 4 aromatic carbocycles. The number of rotatable bonds is 23. The summed E-state index contributed by atoms with van der Waals surface area (Å²) in [6.07, 6.45) is -1.27.